The van der Waals surface area contributed by atoms with E-state index in [-0.39, 0.29) is 23.3 Å². The van der Waals surface area contributed by atoms with E-state index < -0.39 is 32.9 Å². The molecule has 1 aromatic carbocycles. The average molecular weight is 381 g/mol. The average Bonchev–Trinajstić information content (AvgIpc) is 2.54. The molecule has 8 heteroatoms. The molecule has 2 atom stereocenters. The molecule has 0 saturated heterocycles. The molecule has 0 aliphatic heterocycles. The predicted octanol–water partition coefficient (Wildman–Crippen LogP) is 3.29. The summed E-state index contributed by atoms with van der Waals surface area (Å²) in [6.07, 6.45) is 3.81. The molecule has 1 N–H and O–H groups in total. The standard InChI is InChI=1S/C18H21F2N3O2S/c1-17(2,3)26(25)23-18(4,14-6-5-13(19)7-15(14)20)8-16(24)12-9-21-11-22-10-12/h5-7,9-11,23H,8H2,1-4H3/t18-,26+/m0/s1. The van der Waals surface area contributed by atoms with Gasteiger partial charge in [-0.1, -0.05) is 6.07 Å². The highest BCUT2D eigenvalue weighted by Crippen LogP contribution is 2.31. The van der Waals surface area contributed by atoms with Crippen molar-refractivity contribution in [2.24, 2.45) is 0 Å². The van der Waals surface area contributed by atoms with Gasteiger partial charge in [-0.3, -0.25) is 4.79 Å². The summed E-state index contributed by atoms with van der Waals surface area (Å²) in [5.74, 6) is -1.90. The number of carbonyl (C=O) groups is 1. The second-order valence-corrected chi connectivity index (χ2v) is 9.13. The fourth-order valence-electron chi connectivity index (χ4n) is 2.35. The van der Waals surface area contributed by atoms with Gasteiger partial charge in [-0.15, -0.1) is 0 Å². The quantitative estimate of drug-likeness (QED) is 0.780. The van der Waals surface area contributed by atoms with Crippen molar-refractivity contribution in [3.05, 3.63) is 59.7 Å². The van der Waals surface area contributed by atoms with Crippen molar-refractivity contribution in [1.29, 1.82) is 0 Å². The van der Waals surface area contributed by atoms with Crippen LogP contribution in [0.1, 0.15) is 50.0 Å². The molecule has 0 fully saturated rings. The lowest BCUT2D eigenvalue weighted by molar-refractivity contribution is 0.0948. The van der Waals surface area contributed by atoms with Crippen molar-refractivity contribution in [2.45, 2.75) is 44.4 Å². The van der Waals surface area contributed by atoms with Gasteiger partial charge in [0.05, 0.1) is 26.8 Å². The fraction of sp³-hybridized carbons (Fsp3) is 0.389. The van der Waals surface area contributed by atoms with Crippen molar-refractivity contribution in [3.8, 4) is 0 Å². The van der Waals surface area contributed by atoms with Crippen molar-refractivity contribution in [2.75, 3.05) is 0 Å². The van der Waals surface area contributed by atoms with E-state index in [4.69, 9.17) is 0 Å². The number of aromatic nitrogens is 2. The Bertz CT molecular complexity index is 825. The molecule has 0 aliphatic carbocycles. The van der Waals surface area contributed by atoms with E-state index in [1.165, 1.54) is 24.8 Å². The Morgan fingerprint density at radius 2 is 1.77 bits per heavy atom. The van der Waals surface area contributed by atoms with Crippen LogP contribution < -0.4 is 4.72 Å². The van der Waals surface area contributed by atoms with Crippen molar-refractivity contribution in [3.63, 3.8) is 0 Å². The number of carbonyl (C=O) groups excluding carboxylic acids is 1. The third-order valence-corrected chi connectivity index (χ3v) is 5.54. The summed E-state index contributed by atoms with van der Waals surface area (Å²) in [5.41, 5.74) is -1.01. The highest BCUT2D eigenvalue weighted by atomic mass is 32.2. The molecule has 26 heavy (non-hydrogen) atoms. The first-order valence-electron chi connectivity index (χ1n) is 7.96. The van der Waals surface area contributed by atoms with Crippen molar-refractivity contribution >= 4 is 16.8 Å². The van der Waals surface area contributed by atoms with E-state index in [0.29, 0.717) is 0 Å². The van der Waals surface area contributed by atoms with E-state index in [9.17, 15) is 17.8 Å². The minimum atomic E-state index is -1.59. The van der Waals surface area contributed by atoms with Crippen LogP contribution in [0, 0.1) is 11.6 Å². The van der Waals surface area contributed by atoms with Gasteiger partial charge >= 0.3 is 0 Å². The van der Waals surface area contributed by atoms with Crippen LogP contribution in [0.4, 0.5) is 8.78 Å². The monoisotopic (exact) mass is 381 g/mol. The Morgan fingerprint density at radius 3 is 2.31 bits per heavy atom. The van der Waals surface area contributed by atoms with Crippen LogP contribution in [-0.4, -0.2) is 24.7 Å². The number of ketones is 1. The fourth-order valence-corrected chi connectivity index (χ4v) is 3.24. The minimum Gasteiger partial charge on any atom is -0.294 e. The van der Waals surface area contributed by atoms with Gasteiger partial charge < -0.3 is 0 Å². The first-order valence-corrected chi connectivity index (χ1v) is 9.11. The van der Waals surface area contributed by atoms with Crippen LogP contribution in [0.15, 0.2) is 36.9 Å². The summed E-state index contributed by atoms with van der Waals surface area (Å²) >= 11 is 0. The maximum Gasteiger partial charge on any atom is 0.168 e. The number of hydrogen-bond acceptors (Lipinski definition) is 4. The second kappa shape index (κ2) is 7.67. The lowest BCUT2D eigenvalue weighted by Gasteiger charge is -2.33. The molecular weight excluding hydrogens is 360 g/mol. The highest BCUT2D eigenvalue weighted by Gasteiger charge is 2.36. The van der Waals surface area contributed by atoms with E-state index >= 15 is 0 Å². The summed E-state index contributed by atoms with van der Waals surface area (Å²) in [6, 6.07) is 3.10. The molecule has 0 spiro atoms. The molecule has 140 valence electrons. The maximum absolute atomic E-state index is 14.4. The largest absolute Gasteiger partial charge is 0.294 e. The molecule has 0 bridgehead atoms. The van der Waals surface area contributed by atoms with E-state index in [2.05, 4.69) is 14.7 Å². The molecule has 0 amide bonds. The zero-order valence-corrected chi connectivity index (χ0v) is 15.9. The topological polar surface area (TPSA) is 72.0 Å². The normalized spacial score (nSPS) is 15.3. The first kappa shape index (κ1) is 20.3. The lowest BCUT2D eigenvalue weighted by atomic mass is 9.86. The maximum atomic E-state index is 14.4. The van der Waals surface area contributed by atoms with Gasteiger partial charge in [-0.25, -0.2) is 27.7 Å². The molecule has 0 saturated carbocycles. The number of rotatable bonds is 6. The van der Waals surface area contributed by atoms with Crippen LogP contribution in [0.5, 0.6) is 0 Å². The third-order valence-electron chi connectivity index (χ3n) is 3.80. The molecule has 5 nitrogen and oxygen atoms in total. The van der Waals surface area contributed by atoms with E-state index in [1.54, 1.807) is 27.7 Å². The Balaban J connectivity index is 2.44. The molecule has 1 aromatic heterocycles. The van der Waals surface area contributed by atoms with Crippen LogP contribution in [0.25, 0.3) is 0 Å². The van der Waals surface area contributed by atoms with Crippen LogP contribution >= 0.6 is 0 Å². The van der Waals surface area contributed by atoms with Crippen LogP contribution in [-0.2, 0) is 16.5 Å². The summed E-state index contributed by atoms with van der Waals surface area (Å²) in [5, 5.41) is 0. The Labute approximate surface area is 153 Å². The number of hydrogen-bond donors (Lipinski definition) is 1. The summed E-state index contributed by atoms with van der Waals surface area (Å²) in [7, 11) is -1.59. The zero-order valence-electron chi connectivity index (χ0n) is 15.0. The van der Waals surface area contributed by atoms with Crippen LogP contribution in [0.3, 0.4) is 0 Å². The predicted molar refractivity (Wildman–Crippen MR) is 95.7 cm³/mol. The summed E-state index contributed by atoms with van der Waals surface area (Å²) < 4.78 is 42.6. The number of Topliss-reactive ketones (excluding diaryl/α,β-unsaturated/α-hetero) is 1. The Kier molecular flexibility index (Phi) is 5.98. The smallest absolute Gasteiger partial charge is 0.168 e. The lowest BCUT2D eigenvalue weighted by Crippen LogP contribution is -2.47. The Hall–Kier alpha value is -2.06. The van der Waals surface area contributed by atoms with Crippen LogP contribution in [0.2, 0.25) is 0 Å². The van der Waals surface area contributed by atoms with E-state index in [0.717, 1.165) is 12.1 Å². The molecule has 2 aromatic rings. The third kappa shape index (κ3) is 4.76. The number of nitrogens with zero attached hydrogens (tertiary/aromatic N) is 2. The Morgan fingerprint density at radius 1 is 1.15 bits per heavy atom. The van der Waals surface area contributed by atoms with Gasteiger partial charge in [0.1, 0.15) is 18.0 Å². The molecule has 1 heterocycles. The number of benzene rings is 1. The second-order valence-electron chi connectivity index (χ2n) is 7.17. The van der Waals surface area contributed by atoms with Crippen molar-refractivity contribution < 1.29 is 17.8 Å². The zero-order chi connectivity index (χ0) is 19.5. The van der Waals surface area contributed by atoms with Gasteiger partial charge in [0.25, 0.3) is 0 Å². The highest BCUT2D eigenvalue weighted by molar-refractivity contribution is 7.84. The van der Waals surface area contributed by atoms with Gasteiger partial charge in [0.2, 0.25) is 0 Å². The summed E-state index contributed by atoms with van der Waals surface area (Å²) in [4.78, 5) is 20.2. The van der Waals surface area contributed by atoms with Crippen molar-refractivity contribution in [1.82, 2.24) is 14.7 Å². The molecule has 0 aliphatic rings. The van der Waals surface area contributed by atoms with E-state index in [1.807, 2.05) is 0 Å². The number of nitrogens with one attached hydrogen (secondary N) is 1. The molecule has 0 unspecified atom stereocenters. The van der Waals surface area contributed by atoms with Gasteiger partial charge in [0, 0.05) is 30.4 Å². The molecule has 0 radical (unpaired) electrons. The number of halogens is 2. The first-order chi connectivity index (χ1) is 12.0. The van der Waals surface area contributed by atoms with Gasteiger partial charge in [0.15, 0.2) is 5.78 Å². The molecule has 2 rings (SSSR count). The minimum absolute atomic E-state index is 0.0571. The SMILES string of the molecule is CC(C)(C)[S@@](=O)N[C@@](C)(CC(=O)c1cncnc1)c1ccc(F)cc1F. The van der Waals surface area contributed by atoms with Gasteiger partial charge in [-0.2, -0.15) is 0 Å². The molecular formula is C18H21F2N3O2S. The summed E-state index contributed by atoms with van der Waals surface area (Å²) in [6.45, 7) is 6.83. The van der Waals surface area contributed by atoms with Gasteiger partial charge in [-0.05, 0) is 33.8 Å².